The summed E-state index contributed by atoms with van der Waals surface area (Å²) < 4.78 is 0. The lowest BCUT2D eigenvalue weighted by Crippen LogP contribution is -2.05. The second-order valence-corrected chi connectivity index (χ2v) is 3.01. The van der Waals surface area contributed by atoms with Gasteiger partial charge in [-0.25, -0.2) is 0 Å². The monoisotopic (exact) mass is 200 g/mol. The third-order valence-electron chi connectivity index (χ3n) is 1.65. The maximum absolute atomic E-state index is 10.5. The zero-order chi connectivity index (χ0) is 9.84. The highest BCUT2D eigenvalue weighted by Crippen LogP contribution is 2.22. The van der Waals surface area contributed by atoms with E-state index in [9.17, 15) is 10.1 Å². The first-order valence-corrected chi connectivity index (χ1v) is 4.16. The van der Waals surface area contributed by atoms with E-state index in [1.807, 2.05) is 0 Å². The quantitative estimate of drug-likeness (QED) is 0.597. The number of nitrogens with two attached hydrogens (primary N) is 1. The first kappa shape index (κ1) is 9.95. The fourth-order valence-electron chi connectivity index (χ4n) is 1.09. The van der Waals surface area contributed by atoms with Crippen LogP contribution in [0.2, 0.25) is 5.02 Å². The van der Waals surface area contributed by atoms with E-state index in [-0.39, 0.29) is 5.69 Å². The van der Waals surface area contributed by atoms with Crippen molar-refractivity contribution in [2.45, 2.75) is 6.42 Å². The van der Waals surface area contributed by atoms with E-state index in [0.29, 0.717) is 23.6 Å². The first-order valence-electron chi connectivity index (χ1n) is 3.78. The van der Waals surface area contributed by atoms with Crippen molar-refractivity contribution >= 4 is 17.3 Å². The van der Waals surface area contributed by atoms with Crippen LogP contribution in [0, 0.1) is 10.1 Å². The molecule has 13 heavy (non-hydrogen) atoms. The largest absolute Gasteiger partial charge is 0.330 e. The molecular weight excluding hydrogens is 192 g/mol. The number of nitrogens with zero attached hydrogens (tertiary/aromatic N) is 1. The van der Waals surface area contributed by atoms with Crippen LogP contribution >= 0.6 is 11.6 Å². The molecule has 0 saturated heterocycles. The third-order valence-corrected chi connectivity index (χ3v) is 1.89. The first-order chi connectivity index (χ1) is 6.15. The van der Waals surface area contributed by atoms with Crippen molar-refractivity contribution in [3.05, 3.63) is 38.9 Å². The number of hydrogen-bond donors (Lipinski definition) is 1. The molecule has 5 heteroatoms. The van der Waals surface area contributed by atoms with E-state index < -0.39 is 4.92 Å². The SMILES string of the molecule is NCCc1cc(Cl)ccc1[N+](=O)[O-]. The Labute approximate surface area is 80.5 Å². The summed E-state index contributed by atoms with van der Waals surface area (Å²) in [4.78, 5) is 10.1. The summed E-state index contributed by atoms with van der Waals surface area (Å²) in [6.07, 6.45) is 0.469. The Kier molecular flexibility index (Phi) is 3.22. The molecule has 0 amide bonds. The summed E-state index contributed by atoms with van der Waals surface area (Å²) in [6, 6.07) is 4.47. The van der Waals surface area contributed by atoms with Crippen molar-refractivity contribution in [2.24, 2.45) is 5.73 Å². The summed E-state index contributed by atoms with van der Waals surface area (Å²) in [7, 11) is 0. The number of rotatable bonds is 3. The van der Waals surface area contributed by atoms with Gasteiger partial charge < -0.3 is 5.73 Å². The van der Waals surface area contributed by atoms with Gasteiger partial charge in [0.1, 0.15) is 0 Å². The van der Waals surface area contributed by atoms with E-state index in [0.717, 1.165) is 0 Å². The summed E-state index contributed by atoms with van der Waals surface area (Å²) in [6.45, 7) is 0.376. The average molecular weight is 201 g/mol. The van der Waals surface area contributed by atoms with E-state index in [1.54, 1.807) is 6.07 Å². The predicted octanol–water partition coefficient (Wildman–Crippen LogP) is 1.75. The van der Waals surface area contributed by atoms with Crippen LogP contribution in [0.15, 0.2) is 18.2 Å². The van der Waals surface area contributed by atoms with Crippen molar-refractivity contribution in [1.82, 2.24) is 0 Å². The number of halogens is 1. The van der Waals surface area contributed by atoms with Crippen molar-refractivity contribution < 1.29 is 4.92 Å². The lowest BCUT2D eigenvalue weighted by molar-refractivity contribution is -0.385. The van der Waals surface area contributed by atoms with Gasteiger partial charge in [0.25, 0.3) is 5.69 Å². The molecule has 0 atom stereocenters. The zero-order valence-electron chi connectivity index (χ0n) is 6.87. The molecule has 2 N–H and O–H groups in total. The minimum atomic E-state index is -0.429. The Balaban J connectivity index is 3.10. The molecule has 70 valence electrons. The molecule has 0 aromatic heterocycles. The summed E-state index contributed by atoms with van der Waals surface area (Å²) in [5, 5.41) is 11.0. The second kappa shape index (κ2) is 4.20. The molecule has 0 heterocycles. The number of benzene rings is 1. The Morgan fingerprint density at radius 3 is 2.77 bits per heavy atom. The van der Waals surface area contributed by atoms with Crippen molar-refractivity contribution in [2.75, 3.05) is 6.54 Å². The van der Waals surface area contributed by atoms with Crippen molar-refractivity contribution in [1.29, 1.82) is 0 Å². The maximum atomic E-state index is 10.5. The fourth-order valence-corrected chi connectivity index (χ4v) is 1.28. The molecule has 0 aliphatic heterocycles. The zero-order valence-corrected chi connectivity index (χ0v) is 7.62. The Morgan fingerprint density at radius 1 is 1.54 bits per heavy atom. The molecule has 1 rings (SSSR count). The topological polar surface area (TPSA) is 69.2 Å². The van der Waals surface area contributed by atoms with Crippen LogP contribution in [0.25, 0.3) is 0 Å². The predicted molar refractivity (Wildman–Crippen MR) is 50.9 cm³/mol. The number of nitro groups is 1. The lowest BCUT2D eigenvalue weighted by atomic mass is 10.1. The average Bonchev–Trinajstić information content (AvgIpc) is 2.04. The van der Waals surface area contributed by atoms with Crippen LogP contribution in [0.5, 0.6) is 0 Å². The van der Waals surface area contributed by atoms with Crippen molar-refractivity contribution in [3.8, 4) is 0 Å². The van der Waals surface area contributed by atoms with Gasteiger partial charge in [-0.15, -0.1) is 0 Å². The highest BCUT2D eigenvalue weighted by atomic mass is 35.5. The van der Waals surface area contributed by atoms with Gasteiger partial charge in [0.05, 0.1) is 4.92 Å². The van der Waals surface area contributed by atoms with Gasteiger partial charge in [0.2, 0.25) is 0 Å². The number of nitro benzene ring substituents is 1. The van der Waals surface area contributed by atoms with Gasteiger partial charge in [-0.1, -0.05) is 11.6 Å². The van der Waals surface area contributed by atoms with E-state index in [2.05, 4.69) is 0 Å². The fraction of sp³-hybridized carbons (Fsp3) is 0.250. The van der Waals surface area contributed by atoms with Crippen LogP contribution in [-0.2, 0) is 6.42 Å². The normalized spacial score (nSPS) is 10.0. The highest BCUT2D eigenvalue weighted by Gasteiger charge is 2.12. The maximum Gasteiger partial charge on any atom is 0.272 e. The van der Waals surface area contributed by atoms with Crippen LogP contribution in [0.4, 0.5) is 5.69 Å². The molecule has 0 aliphatic carbocycles. The van der Waals surface area contributed by atoms with Gasteiger partial charge >= 0.3 is 0 Å². The molecule has 0 unspecified atom stereocenters. The molecule has 0 radical (unpaired) electrons. The van der Waals surface area contributed by atoms with Crippen molar-refractivity contribution in [3.63, 3.8) is 0 Å². The van der Waals surface area contributed by atoms with E-state index >= 15 is 0 Å². The number of hydrogen-bond acceptors (Lipinski definition) is 3. The highest BCUT2D eigenvalue weighted by molar-refractivity contribution is 6.30. The van der Waals surface area contributed by atoms with E-state index in [4.69, 9.17) is 17.3 Å². The molecular formula is C8H9ClN2O2. The van der Waals surface area contributed by atoms with Crippen LogP contribution in [0.3, 0.4) is 0 Å². The minimum Gasteiger partial charge on any atom is -0.330 e. The lowest BCUT2D eigenvalue weighted by Gasteiger charge is -2.00. The van der Waals surface area contributed by atoms with Crippen LogP contribution in [-0.4, -0.2) is 11.5 Å². The molecule has 0 bridgehead atoms. The molecule has 0 aliphatic rings. The summed E-state index contributed by atoms with van der Waals surface area (Å²) >= 11 is 5.69. The van der Waals surface area contributed by atoms with Gasteiger partial charge in [-0.2, -0.15) is 0 Å². The van der Waals surface area contributed by atoms with E-state index in [1.165, 1.54) is 12.1 Å². The molecule has 0 saturated carbocycles. The standard InChI is InChI=1S/C8H9ClN2O2/c9-7-1-2-8(11(12)13)6(5-7)3-4-10/h1-2,5H,3-4,10H2. The third kappa shape index (κ3) is 2.40. The van der Waals surface area contributed by atoms with Gasteiger partial charge in [0.15, 0.2) is 0 Å². The second-order valence-electron chi connectivity index (χ2n) is 2.57. The Morgan fingerprint density at radius 2 is 2.23 bits per heavy atom. The Bertz CT molecular complexity index is 328. The molecule has 0 fully saturated rings. The van der Waals surface area contributed by atoms with Gasteiger partial charge in [-0.05, 0) is 25.1 Å². The van der Waals surface area contributed by atoms with Gasteiger partial charge in [0, 0.05) is 16.7 Å². The minimum absolute atomic E-state index is 0.0786. The Hall–Kier alpha value is -1.13. The van der Waals surface area contributed by atoms with Crippen LogP contribution < -0.4 is 5.73 Å². The summed E-state index contributed by atoms with van der Waals surface area (Å²) in [5.41, 5.74) is 5.98. The van der Waals surface area contributed by atoms with Gasteiger partial charge in [-0.3, -0.25) is 10.1 Å². The molecule has 4 nitrogen and oxygen atoms in total. The molecule has 0 spiro atoms. The molecule has 1 aromatic carbocycles. The smallest absolute Gasteiger partial charge is 0.272 e. The summed E-state index contributed by atoms with van der Waals surface area (Å²) in [5.74, 6) is 0. The van der Waals surface area contributed by atoms with Crippen LogP contribution in [0.1, 0.15) is 5.56 Å². The molecule has 1 aromatic rings.